The highest BCUT2D eigenvalue weighted by Gasteiger charge is 2.13. The maximum absolute atomic E-state index is 10.9. The molecule has 18 heavy (non-hydrogen) atoms. The molecule has 2 N–H and O–H groups in total. The lowest BCUT2D eigenvalue weighted by atomic mass is 10.4. The van der Waals surface area contributed by atoms with Crippen LogP contribution in [0.3, 0.4) is 0 Å². The Morgan fingerprint density at radius 2 is 2.11 bits per heavy atom. The Bertz CT molecular complexity index is 560. The first-order chi connectivity index (χ1) is 8.58. The third kappa shape index (κ3) is 2.45. The highest BCUT2D eigenvalue weighted by atomic mass is 16.4. The van der Waals surface area contributed by atoms with Gasteiger partial charge in [-0.25, -0.2) is 19.7 Å². The molecule has 0 unspecified atom stereocenters. The van der Waals surface area contributed by atoms with Gasteiger partial charge in [-0.15, -0.1) is 0 Å². The number of hydrogen-bond donors (Lipinski definition) is 2. The Morgan fingerprint density at radius 3 is 2.72 bits per heavy atom. The van der Waals surface area contributed by atoms with Crippen LogP contribution >= 0.6 is 0 Å². The van der Waals surface area contributed by atoms with Crippen LogP contribution < -0.4 is 5.32 Å². The Balaban J connectivity index is 2.13. The largest absolute Gasteiger partial charge is 0.476 e. The van der Waals surface area contributed by atoms with Crippen molar-refractivity contribution >= 4 is 11.8 Å². The van der Waals surface area contributed by atoms with Gasteiger partial charge in [0.1, 0.15) is 5.76 Å². The molecule has 2 aromatic rings. The Hall–Kier alpha value is -2.44. The summed E-state index contributed by atoms with van der Waals surface area (Å²) in [6.45, 7) is 3.91. The highest BCUT2D eigenvalue weighted by Crippen LogP contribution is 2.12. The Kier molecular flexibility index (Phi) is 3.22. The third-order valence-electron chi connectivity index (χ3n) is 2.38. The van der Waals surface area contributed by atoms with E-state index in [0.717, 1.165) is 11.5 Å². The lowest BCUT2D eigenvalue weighted by molar-refractivity contribution is 0.0691. The molecule has 0 saturated heterocycles. The van der Waals surface area contributed by atoms with Gasteiger partial charge < -0.3 is 14.8 Å². The standard InChI is InChI=1S/C11H12N4O3/c1-6-7(2)18-8(15-6)5-14-10-9(11(16)17)12-3-4-13-10/h3-4H,5H2,1-2H3,(H,13,14)(H,16,17). The maximum atomic E-state index is 10.9. The summed E-state index contributed by atoms with van der Waals surface area (Å²) in [6, 6.07) is 0. The van der Waals surface area contributed by atoms with Gasteiger partial charge in [-0.05, 0) is 13.8 Å². The zero-order valence-electron chi connectivity index (χ0n) is 9.97. The number of hydrogen-bond acceptors (Lipinski definition) is 6. The topological polar surface area (TPSA) is 101 Å². The molecule has 0 atom stereocenters. The molecule has 0 saturated carbocycles. The summed E-state index contributed by atoms with van der Waals surface area (Å²) in [5, 5.41) is 11.8. The second-order valence-electron chi connectivity index (χ2n) is 3.66. The molecule has 0 radical (unpaired) electrons. The number of aromatic carboxylic acids is 1. The number of anilines is 1. The first kappa shape index (κ1) is 12.0. The van der Waals surface area contributed by atoms with Gasteiger partial charge >= 0.3 is 5.97 Å². The van der Waals surface area contributed by atoms with Crippen molar-refractivity contribution in [3.63, 3.8) is 0 Å². The smallest absolute Gasteiger partial charge is 0.358 e. The molecule has 0 aliphatic rings. The van der Waals surface area contributed by atoms with Gasteiger partial charge in [0.2, 0.25) is 5.89 Å². The van der Waals surface area contributed by atoms with Crippen molar-refractivity contribution in [2.45, 2.75) is 20.4 Å². The van der Waals surface area contributed by atoms with E-state index in [1.165, 1.54) is 12.4 Å². The molecule has 7 heteroatoms. The fraction of sp³-hybridized carbons (Fsp3) is 0.273. The normalized spacial score (nSPS) is 10.3. The summed E-state index contributed by atoms with van der Waals surface area (Å²) in [7, 11) is 0. The van der Waals surface area contributed by atoms with Gasteiger partial charge in [-0.3, -0.25) is 0 Å². The molecule has 0 aliphatic carbocycles. The molecule has 2 aromatic heterocycles. The second kappa shape index (κ2) is 4.82. The van der Waals surface area contributed by atoms with Gasteiger partial charge in [0.15, 0.2) is 11.5 Å². The fourth-order valence-electron chi connectivity index (χ4n) is 1.40. The minimum atomic E-state index is -1.13. The number of carbonyl (C=O) groups is 1. The molecule has 0 spiro atoms. The molecular formula is C11H12N4O3. The van der Waals surface area contributed by atoms with Crippen LogP contribution in [0.1, 0.15) is 27.8 Å². The summed E-state index contributed by atoms with van der Waals surface area (Å²) in [5.41, 5.74) is 0.682. The molecule has 0 aliphatic heterocycles. The number of rotatable bonds is 4. The average Bonchev–Trinajstić information content (AvgIpc) is 2.66. The lowest BCUT2D eigenvalue weighted by Gasteiger charge is -2.04. The van der Waals surface area contributed by atoms with Gasteiger partial charge in [0, 0.05) is 12.4 Å². The number of nitrogens with one attached hydrogen (secondary N) is 1. The number of aromatic nitrogens is 3. The number of carboxylic acids is 1. The fourth-order valence-corrected chi connectivity index (χ4v) is 1.40. The molecule has 7 nitrogen and oxygen atoms in total. The van der Waals surface area contributed by atoms with Crippen molar-refractivity contribution in [3.05, 3.63) is 35.4 Å². The van der Waals surface area contributed by atoms with Crippen molar-refractivity contribution in [1.29, 1.82) is 0 Å². The van der Waals surface area contributed by atoms with Crippen molar-refractivity contribution in [3.8, 4) is 0 Å². The van der Waals surface area contributed by atoms with Crippen LogP contribution in [-0.2, 0) is 6.54 Å². The molecule has 0 aromatic carbocycles. The van der Waals surface area contributed by atoms with Crippen molar-refractivity contribution < 1.29 is 14.3 Å². The van der Waals surface area contributed by atoms with E-state index >= 15 is 0 Å². The van der Waals surface area contributed by atoms with Crippen LogP contribution in [0.2, 0.25) is 0 Å². The predicted molar refractivity (Wildman–Crippen MR) is 62.3 cm³/mol. The van der Waals surface area contributed by atoms with Crippen LogP contribution in [0, 0.1) is 13.8 Å². The summed E-state index contributed by atoms with van der Waals surface area (Å²) in [6.07, 6.45) is 2.74. The van der Waals surface area contributed by atoms with Crippen molar-refractivity contribution in [1.82, 2.24) is 15.0 Å². The van der Waals surface area contributed by atoms with Gasteiger partial charge in [-0.2, -0.15) is 0 Å². The van der Waals surface area contributed by atoms with E-state index in [-0.39, 0.29) is 18.1 Å². The van der Waals surface area contributed by atoms with Crippen LogP contribution in [0.15, 0.2) is 16.8 Å². The van der Waals surface area contributed by atoms with E-state index in [2.05, 4.69) is 20.3 Å². The van der Waals surface area contributed by atoms with Gasteiger partial charge in [-0.1, -0.05) is 0 Å². The number of aryl methyl sites for hydroxylation is 2. The monoisotopic (exact) mass is 248 g/mol. The molecule has 94 valence electrons. The first-order valence-corrected chi connectivity index (χ1v) is 5.29. The van der Waals surface area contributed by atoms with Crippen LogP contribution in [0.4, 0.5) is 5.82 Å². The average molecular weight is 248 g/mol. The minimum Gasteiger partial charge on any atom is -0.476 e. The van der Waals surface area contributed by atoms with E-state index in [9.17, 15) is 4.79 Å². The predicted octanol–water partition coefficient (Wildman–Crippen LogP) is 1.39. The van der Waals surface area contributed by atoms with E-state index in [4.69, 9.17) is 9.52 Å². The summed E-state index contributed by atoms with van der Waals surface area (Å²) in [4.78, 5) is 22.7. The van der Waals surface area contributed by atoms with E-state index < -0.39 is 5.97 Å². The minimum absolute atomic E-state index is 0.127. The summed E-state index contributed by atoms with van der Waals surface area (Å²) in [5.74, 6) is 0.278. The van der Waals surface area contributed by atoms with Crippen LogP contribution in [-0.4, -0.2) is 26.0 Å². The Morgan fingerprint density at radius 1 is 1.39 bits per heavy atom. The van der Waals surface area contributed by atoms with E-state index in [1.54, 1.807) is 0 Å². The third-order valence-corrected chi connectivity index (χ3v) is 2.38. The number of oxazole rings is 1. The lowest BCUT2D eigenvalue weighted by Crippen LogP contribution is -2.10. The van der Waals surface area contributed by atoms with Crippen molar-refractivity contribution in [2.75, 3.05) is 5.32 Å². The van der Waals surface area contributed by atoms with Crippen LogP contribution in [0.5, 0.6) is 0 Å². The molecule has 0 fully saturated rings. The Labute approximate surface area is 103 Å². The van der Waals surface area contributed by atoms with Crippen molar-refractivity contribution in [2.24, 2.45) is 0 Å². The van der Waals surface area contributed by atoms with E-state index in [0.29, 0.717) is 5.89 Å². The molecule has 0 amide bonds. The SMILES string of the molecule is Cc1nc(CNc2nccnc2C(=O)O)oc1C. The number of nitrogens with zero attached hydrogens (tertiary/aromatic N) is 3. The first-order valence-electron chi connectivity index (χ1n) is 5.29. The second-order valence-corrected chi connectivity index (χ2v) is 3.66. The summed E-state index contributed by atoms with van der Waals surface area (Å²) < 4.78 is 5.37. The number of carboxylic acid groups (broad SMARTS) is 1. The quantitative estimate of drug-likeness (QED) is 0.842. The molecular weight excluding hydrogens is 236 g/mol. The zero-order valence-corrected chi connectivity index (χ0v) is 9.97. The molecule has 0 bridgehead atoms. The molecule has 2 heterocycles. The highest BCUT2D eigenvalue weighted by molar-refractivity contribution is 5.90. The summed E-state index contributed by atoms with van der Waals surface area (Å²) >= 11 is 0. The zero-order chi connectivity index (χ0) is 13.1. The van der Waals surface area contributed by atoms with Gasteiger partial charge in [0.05, 0.1) is 12.2 Å². The molecule has 2 rings (SSSR count). The van der Waals surface area contributed by atoms with Crippen LogP contribution in [0.25, 0.3) is 0 Å². The van der Waals surface area contributed by atoms with E-state index in [1.807, 2.05) is 13.8 Å². The maximum Gasteiger partial charge on any atom is 0.358 e. The van der Waals surface area contributed by atoms with Gasteiger partial charge in [0.25, 0.3) is 0 Å².